The normalized spacial score (nSPS) is 13.6. The van der Waals surface area contributed by atoms with Gasteiger partial charge in [-0.3, -0.25) is 0 Å². The van der Waals surface area contributed by atoms with Crippen molar-refractivity contribution in [3.05, 3.63) is 48.5 Å². The summed E-state index contributed by atoms with van der Waals surface area (Å²) in [6.07, 6.45) is 1.22. The second kappa shape index (κ2) is 5.55. The zero-order chi connectivity index (χ0) is 15.0. The van der Waals surface area contributed by atoms with Crippen LogP contribution in [0.2, 0.25) is 0 Å². The van der Waals surface area contributed by atoms with E-state index in [1.807, 2.05) is 0 Å². The molecule has 0 aliphatic carbocycles. The van der Waals surface area contributed by atoms with Crippen LogP contribution >= 0.6 is 0 Å². The molecule has 21 heavy (non-hydrogen) atoms. The number of para-hydroxylation sites is 2. The van der Waals surface area contributed by atoms with Gasteiger partial charge in [0.25, 0.3) is 0 Å². The van der Waals surface area contributed by atoms with Crippen LogP contribution in [-0.4, -0.2) is 4.57 Å². The molecule has 0 aliphatic rings. The van der Waals surface area contributed by atoms with Crippen LogP contribution in [0.4, 0.5) is 0 Å². The maximum Gasteiger partial charge on any atom is 0.0494 e. The van der Waals surface area contributed by atoms with Crippen molar-refractivity contribution in [3.63, 3.8) is 0 Å². The molecule has 0 radical (unpaired) electrons. The van der Waals surface area contributed by atoms with Gasteiger partial charge in [0.15, 0.2) is 0 Å². The Morgan fingerprint density at radius 2 is 1.24 bits per heavy atom. The van der Waals surface area contributed by atoms with E-state index in [0.717, 1.165) is 0 Å². The molecule has 110 valence electrons. The first-order valence-corrected chi connectivity index (χ1v) is 8.07. The fourth-order valence-corrected chi connectivity index (χ4v) is 3.47. The summed E-state index contributed by atoms with van der Waals surface area (Å²) in [5.41, 5.74) is 2.75. The van der Waals surface area contributed by atoms with Crippen LogP contribution in [0.15, 0.2) is 48.5 Å². The van der Waals surface area contributed by atoms with Crippen molar-refractivity contribution in [2.45, 2.75) is 40.2 Å². The van der Waals surface area contributed by atoms with E-state index in [4.69, 9.17) is 0 Å². The molecule has 0 N–H and O–H groups in total. The second-order valence-electron chi connectivity index (χ2n) is 6.85. The summed E-state index contributed by atoms with van der Waals surface area (Å²) in [4.78, 5) is 0. The molecule has 1 nitrogen and oxygen atoms in total. The Bertz CT molecular complexity index is 695. The summed E-state index contributed by atoms with van der Waals surface area (Å²) in [6, 6.07) is 18.2. The number of aromatic nitrogens is 1. The van der Waals surface area contributed by atoms with Gasteiger partial charge in [0.2, 0.25) is 0 Å². The smallest absolute Gasteiger partial charge is 0.0494 e. The van der Waals surface area contributed by atoms with Gasteiger partial charge in [0.1, 0.15) is 0 Å². The lowest BCUT2D eigenvalue weighted by Gasteiger charge is -2.26. The largest absolute Gasteiger partial charge is 0.337 e. The number of rotatable bonds is 4. The Kier molecular flexibility index (Phi) is 3.75. The topological polar surface area (TPSA) is 4.93 Å². The van der Waals surface area contributed by atoms with Crippen molar-refractivity contribution >= 4 is 21.8 Å². The third kappa shape index (κ3) is 2.46. The van der Waals surface area contributed by atoms with Gasteiger partial charge in [-0.25, -0.2) is 0 Å². The van der Waals surface area contributed by atoms with E-state index in [1.165, 1.54) is 28.2 Å². The molecule has 0 saturated heterocycles. The van der Waals surface area contributed by atoms with Gasteiger partial charge in [0, 0.05) is 27.8 Å². The van der Waals surface area contributed by atoms with E-state index >= 15 is 0 Å². The van der Waals surface area contributed by atoms with Crippen molar-refractivity contribution in [1.82, 2.24) is 4.57 Å². The third-order valence-corrected chi connectivity index (χ3v) is 4.43. The standard InChI is InChI=1S/C20H25N/c1-14(2)13-20(15(3)4)21-18-11-7-5-9-16(18)17-10-6-8-12-19(17)21/h5-12,14-15,20H,13H2,1-4H3. The van der Waals surface area contributed by atoms with Crippen molar-refractivity contribution in [3.8, 4) is 0 Å². The van der Waals surface area contributed by atoms with Gasteiger partial charge in [-0.05, 0) is 30.4 Å². The molecule has 1 aromatic heterocycles. The first kappa shape index (κ1) is 14.2. The molecule has 2 aromatic carbocycles. The van der Waals surface area contributed by atoms with E-state index in [9.17, 15) is 0 Å². The molecule has 0 aliphatic heterocycles. The summed E-state index contributed by atoms with van der Waals surface area (Å²) in [5, 5.41) is 2.75. The Balaban J connectivity index is 2.32. The molecule has 0 saturated carbocycles. The minimum absolute atomic E-state index is 0.551. The van der Waals surface area contributed by atoms with Crippen LogP contribution in [0.3, 0.4) is 0 Å². The third-order valence-electron chi connectivity index (χ3n) is 4.43. The Labute approximate surface area is 127 Å². The zero-order valence-electron chi connectivity index (χ0n) is 13.5. The number of hydrogen-bond acceptors (Lipinski definition) is 0. The van der Waals surface area contributed by atoms with Gasteiger partial charge in [-0.1, -0.05) is 64.1 Å². The molecule has 0 spiro atoms. The van der Waals surface area contributed by atoms with Gasteiger partial charge in [-0.15, -0.1) is 0 Å². The SMILES string of the molecule is CC(C)CC(C(C)C)n1c2ccccc2c2ccccc21. The minimum atomic E-state index is 0.551. The summed E-state index contributed by atoms with van der Waals surface area (Å²) < 4.78 is 2.58. The molecule has 1 heteroatoms. The fourth-order valence-electron chi connectivity index (χ4n) is 3.47. The zero-order valence-corrected chi connectivity index (χ0v) is 13.5. The van der Waals surface area contributed by atoms with Crippen LogP contribution < -0.4 is 0 Å². The van der Waals surface area contributed by atoms with Crippen molar-refractivity contribution in [2.75, 3.05) is 0 Å². The van der Waals surface area contributed by atoms with Gasteiger partial charge < -0.3 is 4.57 Å². The lowest BCUT2D eigenvalue weighted by molar-refractivity contribution is 0.328. The van der Waals surface area contributed by atoms with Crippen molar-refractivity contribution in [1.29, 1.82) is 0 Å². The highest BCUT2D eigenvalue weighted by atomic mass is 15.0. The average molecular weight is 279 g/mol. The van der Waals surface area contributed by atoms with Crippen LogP contribution in [0.1, 0.15) is 40.2 Å². The summed E-state index contributed by atoms with van der Waals surface area (Å²) in [5.74, 6) is 1.34. The molecular weight excluding hydrogens is 254 g/mol. The molecule has 0 amide bonds. The van der Waals surface area contributed by atoms with Gasteiger partial charge >= 0.3 is 0 Å². The first-order valence-electron chi connectivity index (χ1n) is 8.07. The maximum absolute atomic E-state index is 2.58. The Hall–Kier alpha value is -1.76. The number of nitrogens with zero attached hydrogens (tertiary/aromatic N) is 1. The minimum Gasteiger partial charge on any atom is -0.337 e. The molecule has 3 rings (SSSR count). The first-order chi connectivity index (χ1) is 10.1. The Morgan fingerprint density at radius 1 is 0.762 bits per heavy atom. The predicted molar refractivity (Wildman–Crippen MR) is 92.8 cm³/mol. The van der Waals surface area contributed by atoms with E-state index in [2.05, 4.69) is 80.8 Å². The van der Waals surface area contributed by atoms with E-state index in [0.29, 0.717) is 17.9 Å². The van der Waals surface area contributed by atoms with Crippen LogP contribution in [0.25, 0.3) is 21.8 Å². The molecule has 0 bridgehead atoms. The van der Waals surface area contributed by atoms with Crippen LogP contribution in [0, 0.1) is 11.8 Å². The van der Waals surface area contributed by atoms with Gasteiger partial charge in [-0.2, -0.15) is 0 Å². The fraction of sp³-hybridized carbons (Fsp3) is 0.400. The summed E-state index contributed by atoms with van der Waals surface area (Å²) in [6.45, 7) is 9.33. The number of hydrogen-bond donors (Lipinski definition) is 0. The van der Waals surface area contributed by atoms with Crippen LogP contribution in [0.5, 0.6) is 0 Å². The number of benzene rings is 2. The van der Waals surface area contributed by atoms with Crippen molar-refractivity contribution < 1.29 is 0 Å². The maximum atomic E-state index is 2.58. The molecule has 0 fully saturated rings. The average Bonchev–Trinajstić information content (AvgIpc) is 2.79. The molecule has 3 aromatic rings. The Morgan fingerprint density at radius 3 is 1.67 bits per heavy atom. The molecule has 1 heterocycles. The summed E-state index contributed by atoms with van der Waals surface area (Å²) in [7, 11) is 0. The van der Waals surface area contributed by atoms with Crippen LogP contribution in [-0.2, 0) is 0 Å². The van der Waals surface area contributed by atoms with E-state index in [1.54, 1.807) is 0 Å². The predicted octanol–water partition coefficient (Wildman–Crippen LogP) is 6.04. The monoisotopic (exact) mass is 279 g/mol. The lowest BCUT2D eigenvalue weighted by atomic mass is 9.94. The lowest BCUT2D eigenvalue weighted by Crippen LogP contribution is -2.17. The molecule has 1 atom stereocenters. The highest BCUT2D eigenvalue weighted by Crippen LogP contribution is 2.36. The van der Waals surface area contributed by atoms with E-state index in [-0.39, 0.29) is 0 Å². The highest BCUT2D eigenvalue weighted by Gasteiger charge is 2.21. The number of fused-ring (bicyclic) bond motifs is 3. The van der Waals surface area contributed by atoms with Crippen molar-refractivity contribution in [2.24, 2.45) is 11.8 Å². The summed E-state index contributed by atoms with van der Waals surface area (Å²) >= 11 is 0. The van der Waals surface area contributed by atoms with E-state index < -0.39 is 0 Å². The quantitative estimate of drug-likeness (QED) is 0.549. The highest BCUT2D eigenvalue weighted by molar-refractivity contribution is 6.08. The molecule has 1 unspecified atom stereocenters. The van der Waals surface area contributed by atoms with Gasteiger partial charge in [0.05, 0.1) is 0 Å². The second-order valence-corrected chi connectivity index (χ2v) is 6.85. The molecular formula is C20H25N.